The number of nitrogens with one attached hydrogen (secondary N) is 1. The van der Waals surface area contributed by atoms with E-state index in [9.17, 15) is 9.59 Å². The molecule has 0 bridgehead atoms. The van der Waals surface area contributed by atoms with Gasteiger partial charge in [0.05, 0.1) is 0 Å². The first kappa shape index (κ1) is 23.5. The molecule has 0 aliphatic carbocycles. The lowest BCUT2D eigenvalue weighted by atomic mass is 10.3. The summed E-state index contributed by atoms with van der Waals surface area (Å²) in [6.45, 7) is 0.294. The zero-order valence-corrected chi connectivity index (χ0v) is 20.1. The predicted molar refractivity (Wildman–Crippen MR) is 126 cm³/mol. The maximum absolute atomic E-state index is 12.4. The van der Waals surface area contributed by atoms with Crippen molar-refractivity contribution in [1.82, 2.24) is 5.32 Å². The molecule has 1 aliphatic heterocycles. The van der Waals surface area contributed by atoms with E-state index in [1.54, 1.807) is 0 Å². The Morgan fingerprint density at radius 2 is 1.32 bits per heavy atom. The predicted octanol–water partition coefficient (Wildman–Crippen LogP) is 0.353. The van der Waals surface area contributed by atoms with Crippen LogP contribution in [0.2, 0.25) is 0 Å². The van der Waals surface area contributed by atoms with E-state index in [2.05, 4.69) is 78.1 Å². The van der Waals surface area contributed by atoms with E-state index in [0.29, 0.717) is 18.5 Å². The minimum absolute atomic E-state index is 0. The van der Waals surface area contributed by atoms with Crippen molar-refractivity contribution in [2.75, 3.05) is 18.5 Å². The molecular formula is C24H23BrNO3PS. The fourth-order valence-electron chi connectivity index (χ4n) is 3.78. The fourth-order valence-corrected chi connectivity index (χ4v) is 8.62. The highest BCUT2D eigenvalue weighted by atomic mass is 79.9. The van der Waals surface area contributed by atoms with Crippen LogP contribution in [0.5, 0.6) is 0 Å². The zero-order chi connectivity index (χ0) is 20.8. The number of hydrogen-bond acceptors (Lipinski definition) is 4. The summed E-state index contributed by atoms with van der Waals surface area (Å²) in [6.07, 6.45) is 0.699. The molecule has 3 aromatic rings. The van der Waals surface area contributed by atoms with E-state index in [1.807, 2.05) is 18.2 Å². The van der Waals surface area contributed by atoms with Crippen LogP contribution in [-0.4, -0.2) is 35.8 Å². The highest BCUT2D eigenvalue weighted by molar-refractivity contribution is 8.14. The monoisotopic (exact) mass is 515 g/mol. The summed E-state index contributed by atoms with van der Waals surface area (Å²) < 4.78 is 5.66. The number of benzene rings is 3. The molecule has 0 radical (unpaired) electrons. The number of esters is 1. The summed E-state index contributed by atoms with van der Waals surface area (Å²) >= 11 is 1.12. The van der Waals surface area contributed by atoms with Crippen LogP contribution >= 0.6 is 19.0 Å². The Kier molecular flexibility index (Phi) is 8.30. The Labute approximate surface area is 197 Å². The molecule has 0 spiro atoms. The minimum atomic E-state index is -2.02. The number of amides is 1. The lowest BCUT2D eigenvalue weighted by molar-refractivity contribution is -0.144. The molecule has 1 unspecified atom stereocenters. The van der Waals surface area contributed by atoms with Crippen LogP contribution in [-0.2, 0) is 9.53 Å². The van der Waals surface area contributed by atoms with E-state index in [1.165, 1.54) is 15.9 Å². The number of halogens is 1. The molecule has 31 heavy (non-hydrogen) atoms. The molecule has 4 nitrogen and oxygen atoms in total. The van der Waals surface area contributed by atoms with Crippen LogP contribution < -0.4 is 38.2 Å². The fraction of sp³-hybridized carbons (Fsp3) is 0.167. The molecule has 3 aromatic carbocycles. The third kappa shape index (κ3) is 5.20. The van der Waals surface area contributed by atoms with Crippen LogP contribution in [0.3, 0.4) is 0 Å². The van der Waals surface area contributed by atoms with Crippen molar-refractivity contribution in [3.8, 4) is 0 Å². The molecule has 1 amide bonds. The maximum atomic E-state index is 12.4. The summed E-state index contributed by atoms with van der Waals surface area (Å²) in [5, 5.41) is 6.24. The van der Waals surface area contributed by atoms with Gasteiger partial charge in [0, 0.05) is 5.75 Å². The van der Waals surface area contributed by atoms with Gasteiger partial charge in [-0.25, -0.2) is 4.79 Å². The molecule has 1 atom stereocenters. The molecule has 4 rings (SSSR count). The molecule has 160 valence electrons. The Morgan fingerprint density at radius 1 is 0.871 bits per heavy atom. The first-order chi connectivity index (χ1) is 14.7. The number of carbonyl (C=O) groups excluding carboxylic acids is 2. The van der Waals surface area contributed by atoms with Crippen molar-refractivity contribution in [2.24, 2.45) is 0 Å². The Bertz CT molecular complexity index is 908. The van der Waals surface area contributed by atoms with Crippen LogP contribution in [0.25, 0.3) is 0 Å². The van der Waals surface area contributed by atoms with Crippen LogP contribution in [0.15, 0.2) is 91.0 Å². The van der Waals surface area contributed by atoms with Gasteiger partial charge < -0.3 is 27.0 Å². The van der Waals surface area contributed by atoms with Gasteiger partial charge in [-0.05, 0) is 36.4 Å². The first-order valence-electron chi connectivity index (χ1n) is 9.85. The zero-order valence-electron chi connectivity index (χ0n) is 16.8. The minimum Gasteiger partial charge on any atom is -1.00 e. The van der Waals surface area contributed by atoms with Crippen LogP contribution in [0.1, 0.15) is 0 Å². The Morgan fingerprint density at radius 3 is 1.71 bits per heavy atom. The summed E-state index contributed by atoms with van der Waals surface area (Å²) in [5.74, 6) is 0.0641. The van der Waals surface area contributed by atoms with Gasteiger partial charge in [0.15, 0.2) is 0 Å². The van der Waals surface area contributed by atoms with Gasteiger partial charge in [-0.3, -0.25) is 4.79 Å². The number of carbonyl (C=O) groups is 2. The van der Waals surface area contributed by atoms with Crippen LogP contribution in [0, 0.1) is 0 Å². The normalized spacial score (nSPS) is 15.6. The number of hydrogen-bond donors (Lipinski definition) is 1. The second kappa shape index (κ2) is 10.9. The molecular weight excluding hydrogens is 493 g/mol. The number of ether oxygens (including phenoxy) is 1. The van der Waals surface area contributed by atoms with Crippen molar-refractivity contribution in [1.29, 1.82) is 0 Å². The first-order valence-corrected chi connectivity index (χ1v) is 12.8. The van der Waals surface area contributed by atoms with Gasteiger partial charge in [-0.1, -0.05) is 66.4 Å². The van der Waals surface area contributed by atoms with E-state index in [4.69, 9.17) is 4.74 Å². The van der Waals surface area contributed by atoms with Crippen molar-refractivity contribution in [3.05, 3.63) is 91.0 Å². The van der Waals surface area contributed by atoms with Gasteiger partial charge >= 0.3 is 5.97 Å². The average molecular weight is 516 g/mol. The van der Waals surface area contributed by atoms with E-state index < -0.39 is 13.3 Å². The van der Waals surface area contributed by atoms with Crippen molar-refractivity contribution < 1.29 is 31.3 Å². The third-order valence-electron chi connectivity index (χ3n) is 5.22. The second-order valence-corrected chi connectivity index (χ2v) is 11.6. The average Bonchev–Trinajstić information content (AvgIpc) is 3.25. The standard InChI is InChI=1S/C24H22NO3PS.BrH/c26-23(22-18-30-24(27)25-22)28-16-17-29(19-10-4-1-5-11-19,20-12-6-2-7-13-20)21-14-8-3-9-15-21;/h1-15,22H,16-18H2;1H. The molecule has 0 saturated carbocycles. The SMILES string of the molecule is O=C1NC(C(=O)OCC[P+](c2ccccc2)(c2ccccc2)c2ccccc2)CS1.[Br-]. The number of rotatable bonds is 7. The highest BCUT2D eigenvalue weighted by Gasteiger charge is 2.45. The van der Waals surface area contributed by atoms with Gasteiger partial charge in [-0.2, -0.15) is 0 Å². The molecule has 1 N–H and O–H groups in total. The summed E-state index contributed by atoms with van der Waals surface area (Å²) in [7, 11) is -2.02. The van der Waals surface area contributed by atoms with E-state index in [0.717, 1.165) is 11.8 Å². The van der Waals surface area contributed by atoms with Gasteiger partial charge in [-0.15, -0.1) is 0 Å². The molecule has 1 heterocycles. The smallest absolute Gasteiger partial charge is 0.329 e. The topological polar surface area (TPSA) is 55.4 Å². The van der Waals surface area contributed by atoms with E-state index >= 15 is 0 Å². The quantitative estimate of drug-likeness (QED) is 0.364. The lowest BCUT2D eigenvalue weighted by Crippen LogP contribution is -3.00. The molecule has 1 aliphatic rings. The third-order valence-corrected chi connectivity index (χ3v) is 10.5. The van der Waals surface area contributed by atoms with Gasteiger partial charge in [0.2, 0.25) is 0 Å². The highest BCUT2D eigenvalue weighted by Crippen LogP contribution is 2.54. The van der Waals surface area contributed by atoms with Crippen molar-refractivity contribution >= 4 is 46.1 Å². The van der Waals surface area contributed by atoms with E-state index in [-0.39, 0.29) is 28.2 Å². The second-order valence-electron chi connectivity index (χ2n) is 7.00. The molecule has 7 heteroatoms. The van der Waals surface area contributed by atoms with Crippen molar-refractivity contribution in [3.63, 3.8) is 0 Å². The Balaban J connectivity index is 0.00000272. The van der Waals surface area contributed by atoms with Gasteiger partial charge in [0.25, 0.3) is 5.24 Å². The summed E-state index contributed by atoms with van der Waals surface area (Å²) in [6, 6.07) is 30.9. The summed E-state index contributed by atoms with van der Waals surface area (Å²) in [5.41, 5.74) is 0. The van der Waals surface area contributed by atoms with Crippen molar-refractivity contribution in [2.45, 2.75) is 6.04 Å². The molecule has 0 aromatic heterocycles. The lowest BCUT2D eigenvalue weighted by Gasteiger charge is -2.27. The molecule has 1 saturated heterocycles. The van der Waals surface area contributed by atoms with Gasteiger partial charge in [0.1, 0.15) is 42.0 Å². The maximum Gasteiger partial charge on any atom is 0.329 e. The van der Waals surface area contributed by atoms with Crippen LogP contribution in [0.4, 0.5) is 4.79 Å². The number of thioether (sulfide) groups is 1. The molecule has 1 fully saturated rings. The summed E-state index contributed by atoms with van der Waals surface area (Å²) in [4.78, 5) is 23.8. The largest absolute Gasteiger partial charge is 1.00 e. The Hall–Kier alpha value is -2.14.